The van der Waals surface area contributed by atoms with E-state index in [1.54, 1.807) is 0 Å². The van der Waals surface area contributed by atoms with E-state index in [9.17, 15) is 28.9 Å². The highest BCUT2D eigenvalue weighted by molar-refractivity contribution is 7.47. The first kappa shape index (κ1) is 66.0. The van der Waals surface area contributed by atoms with E-state index in [0.717, 1.165) is 83.5 Å². The number of carbonyl (C=O) groups excluding carboxylic acids is 3. The highest BCUT2D eigenvalue weighted by Crippen LogP contribution is 2.43. The molecule has 68 heavy (non-hydrogen) atoms. The van der Waals surface area contributed by atoms with Gasteiger partial charge in [-0.2, -0.15) is 0 Å². The number of phosphoric ester groups is 1. The highest BCUT2D eigenvalue weighted by atomic mass is 31.2. The van der Waals surface area contributed by atoms with Crippen molar-refractivity contribution in [3.8, 4) is 0 Å². The zero-order chi connectivity index (χ0) is 49.9. The van der Waals surface area contributed by atoms with Crippen LogP contribution in [0.4, 0.5) is 0 Å². The van der Waals surface area contributed by atoms with Gasteiger partial charge in [0.05, 0.1) is 19.8 Å². The zero-order valence-electron chi connectivity index (χ0n) is 44.1. The molecule has 0 aromatic carbocycles. The molecule has 0 saturated heterocycles. The van der Waals surface area contributed by atoms with Crippen LogP contribution in [0, 0.1) is 0 Å². The lowest BCUT2D eigenvalue weighted by Crippen LogP contribution is -2.30. The van der Waals surface area contributed by atoms with E-state index in [1.165, 1.54) is 135 Å². The monoisotopic (exact) mass is 985 g/mol. The van der Waals surface area contributed by atoms with Crippen molar-refractivity contribution < 1.29 is 52.2 Å². The molecule has 2 N–H and O–H groups in total. The van der Waals surface area contributed by atoms with Gasteiger partial charge >= 0.3 is 25.7 Å². The summed E-state index contributed by atoms with van der Waals surface area (Å²) < 4.78 is 39.5. The van der Waals surface area contributed by atoms with Gasteiger partial charge in [0, 0.05) is 19.3 Å². The maximum absolute atomic E-state index is 12.9. The minimum absolute atomic E-state index is 0.171. The number of ether oxygens (including phenoxy) is 3. The number of rotatable bonds is 53. The standard InChI is InChI=1S/C56H105O11P/c1-4-7-10-13-16-19-22-25-26-29-32-35-38-41-44-47-56(60)67-53(49-63-54(58)45-42-39-36-33-30-27-23-20-17-14-11-8-5-2)51-65-68(61,62)64-50-52(48-57)66-55(59)46-43-40-37-34-31-28-24-21-18-15-12-9-6-3/h11,14,20,23,52-53,57H,4-10,12-13,15-19,21-22,24-51H2,1-3H3,(H,61,62)/b14-11-,23-20-. The summed E-state index contributed by atoms with van der Waals surface area (Å²) >= 11 is 0. The van der Waals surface area contributed by atoms with Crippen LogP contribution in [0.25, 0.3) is 0 Å². The summed E-state index contributed by atoms with van der Waals surface area (Å²) in [6, 6.07) is 0. The van der Waals surface area contributed by atoms with E-state index >= 15 is 0 Å². The van der Waals surface area contributed by atoms with Crippen LogP contribution in [0.5, 0.6) is 0 Å². The van der Waals surface area contributed by atoms with Crippen LogP contribution >= 0.6 is 7.82 Å². The number of aliphatic hydroxyl groups excluding tert-OH is 1. The third-order valence-corrected chi connectivity index (χ3v) is 13.3. The van der Waals surface area contributed by atoms with Gasteiger partial charge in [0.1, 0.15) is 12.7 Å². The van der Waals surface area contributed by atoms with Gasteiger partial charge < -0.3 is 24.2 Å². The van der Waals surface area contributed by atoms with Crippen molar-refractivity contribution in [3.63, 3.8) is 0 Å². The molecule has 0 amide bonds. The Morgan fingerprint density at radius 2 is 0.750 bits per heavy atom. The molecular weight excluding hydrogens is 880 g/mol. The average molecular weight is 985 g/mol. The molecule has 0 aliphatic heterocycles. The van der Waals surface area contributed by atoms with Gasteiger partial charge in [0.25, 0.3) is 0 Å². The minimum Gasteiger partial charge on any atom is -0.462 e. The Morgan fingerprint density at radius 1 is 0.412 bits per heavy atom. The second-order valence-corrected chi connectivity index (χ2v) is 20.6. The second-order valence-electron chi connectivity index (χ2n) is 19.1. The van der Waals surface area contributed by atoms with Crippen LogP contribution in [0.15, 0.2) is 24.3 Å². The summed E-state index contributed by atoms with van der Waals surface area (Å²) in [5.41, 5.74) is 0. The zero-order valence-corrected chi connectivity index (χ0v) is 45.0. The van der Waals surface area contributed by atoms with Gasteiger partial charge in [-0.05, 0) is 44.9 Å². The Balaban J connectivity index is 4.70. The molecule has 11 nitrogen and oxygen atoms in total. The van der Waals surface area contributed by atoms with Gasteiger partial charge in [-0.15, -0.1) is 0 Å². The summed E-state index contributed by atoms with van der Waals surface area (Å²) in [5, 5.41) is 9.79. The third kappa shape index (κ3) is 49.0. The molecule has 0 spiro atoms. The van der Waals surface area contributed by atoms with Crippen molar-refractivity contribution in [2.24, 2.45) is 0 Å². The first-order chi connectivity index (χ1) is 33.2. The highest BCUT2D eigenvalue weighted by Gasteiger charge is 2.28. The number of hydrogen-bond acceptors (Lipinski definition) is 10. The molecule has 0 rings (SSSR count). The van der Waals surface area contributed by atoms with Crippen LogP contribution in [0.2, 0.25) is 0 Å². The quantitative estimate of drug-likeness (QED) is 0.0197. The number of unbranched alkanes of at least 4 members (excludes halogenated alkanes) is 32. The molecule has 0 saturated carbocycles. The van der Waals surface area contributed by atoms with E-state index < -0.39 is 57.8 Å². The van der Waals surface area contributed by atoms with Crippen LogP contribution < -0.4 is 0 Å². The fourth-order valence-electron chi connectivity index (χ4n) is 8.04. The van der Waals surface area contributed by atoms with Crippen molar-refractivity contribution in [1.29, 1.82) is 0 Å². The lowest BCUT2D eigenvalue weighted by molar-refractivity contribution is -0.161. The second kappa shape index (κ2) is 51.3. The first-order valence-electron chi connectivity index (χ1n) is 28.2. The van der Waals surface area contributed by atoms with Crippen LogP contribution in [0.3, 0.4) is 0 Å². The van der Waals surface area contributed by atoms with Gasteiger partial charge in [-0.25, -0.2) is 4.57 Å². The molecule has 0 bridgehead atoms. The largest absolute Gasteiger partial charge is 0.472 e. The maximum Gasteiger partial charge on any atom is 0.472 e. The normalized spacial score (nSPS) is 13.5. The van der Waals surface area contributed by atoms with E-state index in [-0.39, 0.29) is 25.9 Å². The van der Waals surface area contributed by atoms with Crippen molar-refractivity contribution in [2.45, 2.75) is 290 Å². The summed E-state index contributed by atoms with van der Waals surface area (Å²) in [6.07, 6.45) is 49.9. The van der Waals surface area contributed by atoms with E-state index in [0.29, 0.717) is 19.3 Å². The number of phosphoric acid groups is 1. The van der Waals surface area contributed by atoms with Gasteiger partial charge in [0.2, 0.25) is 0 Å². The molecule has 3 atom stereocenters. The molecule has 0 aliphatic carbocycles. The first-order valence-corrected chi connectivity index (χ1v) is 29.7. The molecule has 3 unspecified atom stereocenters. The summed E-state index contributed by atoms with van der Waals surface area (Å²) in [4.78, 5) is 48.4. The summed E-state index contributed by atoms with van der Waals surface area (Å²) in [7, 11) is -4.74. The molecule has 0 aromatic heterocycles. The number of carbonyl (C=O) groups is 3. The molecule has 0 aliphatic rings. The number of hydrogen-bond donors (Lipinski definition) is 2. The van der Waals surface area contributed by atoms with Crippen LogP contribution in [-0.2, 0) is 42.2 Å². The molecule has 0 aromatic rings. The van der Waals surface area contributed by atoms with Crippen LogP contribution in [-0.4, -0.2) is 66.5 Å². The Labute approximate surface area is 417 Å². The Hall–Kier alpha value is -2.04. The van der Waals surface area contributed by atoms with E-state index in [2.05, 4.69) is 45.1 Å². The predicted molar refractivity (Wildman–Crippen MR) is 280 cm³/mol. The van der Waals surface area contributed by atoms with Crippen molar-refractivity contribution >= 4 is 25.7 Å². The molecule has 12 heteroatoms. The average Bonchev–Trinajstić information content (AvgIpc) is 3.32. The van der Waals surface area contributed by atoms with E-state index in [1.807, 2.05) is 0 Å². The van der Waals surface area contributed by atoms with Crippen molar-refractivity contribution in [3.05, 3.63) is 24.3 Å². The lowest BCUT2D eigenvalue weighted by atomic mass is 10.0. The molecule has 400 valence electrons. The lowest BCUT2D eigenvalue weighted by Gasteiger charge is -2.21. The minimum atomic E-state index is -4.74. The smallest absolute Gasteiger partial charge is 0.462 e. The Bertz CT molecular complexity index is 1240. The Morgan fingerprint density at radius 3 is 1.15 bits per heavy atom. The fraction of sp³-hybridized carbons (Fsp3) is 0.875. The molecule has 0 fully saturated rings. The number of esters is 3. The molecule has 0 heterocycles. The topological polar surface area (TPSA) is 155 Å². The third-order valence-electron chi connectivity index (χ3n) is 12.4. The number of allylic oxidation sites excluding steroid dienone is 4. The van der Waals surface area contributed by atoms with Gasteiger partial charge in [-0.1, -0.05) is 238 Å². The van der Waals surface area contributed by atoms with Gasteiger partial charge in [-0.3, -0.25) is 23.4 Å². The summed E-state index contributed by atoms with van der Waals surface area (Å²) in [5.74, 6) is -1.46. The summed E-state index contributed by atoms with van der Waals surface area (Å²) in [6.45, 7) is 4.60. The van der Waals surface area contributed by atoms with Crippen molar-refractivity contribution in [1.82, 2.24) is 0 Å². The molecule has 0 radical (unpaired) electrons. The fourth-order valence-corrected chi connectivity index (χ4v) is 8.83. The SMILES string of the molecule is CCC/C=C\C/C=C\CCCCCCCC(=O)OCC(COP(=O)(O)OCC(CO)OC(=O)CCCCCCCCCCCCCCC)OC(=O)CCCCCCCCCCCCCCCCC. The van der Waals surface area contributed by atoms with Crippen molar-refractivity contribution in [2.75, 3.05) is 26.4 Å². The van der Waals surface area contributed by atoms with Crippen LogP contribution in [0.1, 0.15) is 278 Å². The number of aliphatic hydroxyl groups is 1. The maximum atomic E-state index is 12.9. The van der Waals surface area contributed by atoms with Gasteiger partial charge in [0.15, 0.2) is 6.10 Å². The predicted octanol–water partition coefficient (Wildman–Crippen LogP) is 16.3. The Kier molecular flexibility index (Phi) is 49.8. The van der Waals surface area contributed by atoms with E-state index in [4.69, 9.17) is 23.3 Å². The molecular formula is C56H105O11P.